The fourth-order valence-corrected chi connectivity index (χ4v) is 2.02. The van der Waals surface area contributed by atoms with Crippen molar-refractivity contribution in [3.63, 3.8) is 0 Å². The summed E-state index contributed by atoms with van der Waals surface area (Å²) in [6.45, 7) is 3.27. The largest absolute Gasteiger partial charge is 0.385 e. The second-order valence-corrected chi connectivity index (χ2v) is 4.13. The van der Waals surface area contributed by atoms with Crippen LogP contribution in [0.3, 0.4) is 0 Å². The van der Waals surface area contributed by atoms with Crippen molar-refractivity contribution in [2.24, 2.45) is 0 Å². The zero-order valence-electron chi connectivity index (χ0n) is 10.3. The first kappa shape index (κ1) is 12.1. The Hall–Kier alpha value is -1.39. The Morgan fingerprint density at radius 1 is 1.41 bits per heavy atom. The standard InChI is InChI=1S/C13H18N2O2/c1-10(16)13-14-11-6-3-4-7-12(11)15(13)8-5-9-17-2/h3-4,6-7,10,16H,5,8-9H2,1-2H3. The number of para-hydroxylation sites is 2. The van der Waals surface area contributed by atoms with Crippen LogP contribution in [0, 0.1) is 0 Å². The van der Waals surface area contributed by atoms with Gasteiger partial charge in [-0.1, -0.05) is 12.1 Å². The van der Waals surface area contributed by atoms with Gasteiger partial charge in [-0.05, 0) is 25.5 Å². The Balaban J connectivity index is 2.37. The van der Waals surface area contributed by atoms with Gasteiger partial charge in [0.05, 0.1) is 11.0 Å². The van der Waals surface area contributed by atoms with Crippen LogP contribution >= 0.6 is 0 Å². The smallest absolute Gasteiger partial charge is 0.138 e. The van der Waals surface area contributed by atoms with Crippen LogP contribution in [0.2, 0.25) is 0 Å². The monoisotopic (exact) mass is 234 g/mol. The summed E-state index contributed by atoms with van der Waals surface area (Å²) in [5, 5.41) is 9.75. The second-order valence-electron chi connectivity index (χ2n) is 4.13. The van der Waals surface area contributed by atoms with Gasteiger partial charge < -0.3 is 14.4 Å². The molecule has 1 heterocycles. The molecule has 1 atom stereocenters. The molecule has 4 nitrogen and oxygen atoms in total. The molecule has 17 heavy (non-hydrogen) atoms. The minimum Gasteiger partial charge on any atom is -0.385 e. The van der Waals surface area contributed by atoms with Gasteiger partial charge in [-0.2, -0.15) is 0 Å². The Kier molecular flexibility index (Phi) is 3.76. The van der Waals surface area contributed by atoms with E-state index in [1.54, 1.807) is 14.0 Å². The van der Waals surface area contributed by atoms with E-state index in [-0.39, 0.29) is 0 Å². The highest BCUT2D eigenvalue weighted by molar-refractivity contribution is 5.75. The van der Waals surface area contributed by atoms with Crippen molar-refractivity contribution in [2.45, 2.75) is 26.0 Å². The Morgan fingerprint density at radius 3 is 2.88 bits per heavy atom. The number of aromatic nitrogens is 2. The molecule has 0 spiro atoms. The molecule has 0 saturated carbocycles. The fraction of sp³-hybridized carbons (Fsp3) is 0.462. The highest BCUT2D eigenvalue weighted by atomic mass is 16.5. The van der Waals surface area contributed by atoms with Crippen molar-refractivity contribution in [1.82, 2.24) is 9.55 Å². The van der Waals surface area contributed by atoms with Crippen molar-refractivity contribution in [3.05, 3.63) is 30.1 Å². The topological polar surface area (TPSA) is 47.3 Å². The van der Waals surface area contributed by atoms with E-state index in [9.17, 15) is 5.11 Å². The van der Waals surface area contributed by atoms with Gasteiger partial charge in [-0.15, -0.1) is 0 Å². The number of benzene rings is 1. The highest BCUT2D eigenvalue weighted by Gasteiger charge is 2.13. The van der Waals surface area contributed by atoms with Crippen LogP contribution in [0.4, 0.5) is 0 Å². The summed E-state index contributed by atoms with van der Waals surface area (Å²) in [6.07, 6.45) is 0.362. The van der Waals surface area contributed by atoms with Crippen LogP contribution in [0.1, 0.15) is 25.3 Å². The Morgan fingerprint density at radius 2 is 2.18 bits per heavy atom. The molecule has 2 aromatic rings. The number of fused-ring (bicyclic) bond motifs is 1. The van der Waals surface area contributed by atoms with E-state index in [4.69, 9.17) is 4.74 Å². The third-order valence-corrected chi connectivity index (χ3v) is 2.79. The number of hydrogen-bond acceptors (Lipinski definition) is 3. The lowest BCUT2D eigenvalue weighted by atomic mass is 10.3. The molecule has 1 N–H and O–H groups in total. The third kappa shape index (κ3) is 2.48. The molecule has 1 aromatic heterocycles. The molecule has 1 aromatic carbocycles. The number of imidazole rings is 1. The van der Waals surface area contributed by atoms with Crippen LogP contribution < -0.4 is 0 Å². The lowest BCUT2D eigenvalue weighted by Gasteiger charge is -2.10. The average molecular weight is 234 g/mol. The van der Waals surface area contributed by atoms with E-state index in [1.807, 2.05) is 24.3 Å². The highest BCUT2D eigenvalue weighted by Crippen LogP contribution is 2.20. The second kappa shape index (κ2) is 5.29. The van der Waals surface area contributed by atoms with E-state index in [2.05, 4.69) is 9.55 Å². The first-order valence-corrected chi connectivity index (χ1v) is 5.86. The zero-order chi connectivity index (χ0) is 12.3. The zero-order valence-corrected chi connectivity index (χ0v) is 10.3. The summed E-state index contributed by atoms with van der Waals surface area (Å²) in [6, 6.07) is 7.94. The molecule has 0 aliphatic rings. The van der Waals surface area contributed by atoms with Crippen LogP contribution in [0.25, 0.3) is 11.0 Å². The fourth-order valence-electron chi connectivity index (χ4n) is 2.02. The normalized spacial score (nSPS) is 13.1. The van der Waals surface area contributed by atoms with Gasteiger partial charge in [0.25, 0.3) is 0 Å². The van der Waals surface area contributed by atoms with Crippen molar-refractivity contribution < 1.29 is 9.84 Å². The summed E-state index contributed by atoms with van der Waals surface area (Å²) < 4.78 is 7.12. The van der Waals surface area contributed by atoms with E-state index >= 15 is 0 Å². The first-order chi connectivity index (χ1) is 8.24. The third-order valence-electron chi connectivity index (χ3n) is 2.79. The van der Waals surface area contributed by atoms with E-state index in [0.29, 0.717) is 6.61 Å². The molecule has 0 saturated heterocycles. The van der Waals surface area contributed by atoms with Crippen molar-refractivity contribution in [3.8, 4) is 0 Å². The minimum atomic E-state index is -0.551. The minimum absolute atomic E-state index is 0.551. The summed E-state index contributed by atoms with van der Waals surface area (Å²) in [5.74, 6) is 0.724. The first-order valence-electron chi connectivity index (χ1n) is 5.86. The van der Waals surface area contributed by atoms with Gasteiger partial charge in [-0.3, -0.25) is 0 Å². The van der Waals surface area contributed by atoms with E-state index in [1.165, 1.54) is 0 Å². The number of methoxy groups -OCH3 is 1. The predicted molar refractivity (Wildman–Crippen MR) is 66.9 cm³/mol. The summed E-state index contributed by atoms with van der Waals surface area (Å²) in [4.78, 5) is 4.46. The molecule has 0 fully saturated rings. The molecule has 0 aliphatic heterocycles. The average Bonchev–Trinajstić information content (AvgIpc) is 2.69. The number of nitrogens with zero attached hydrogens (tertiary/aromatic N) is 2. The molecule has 1 unspecified atom stereocenters. The summed E-state index contributed by atoms with van der Waals surface area (Å²) in [7, 11) is 1.70. The van der Waals surface area contributed by atoms with Gasteiger partial charge in [-0.25, -0.2) is 4.98 Å². The Labute approximate surface area is 101 Å². The van der Waals surface area contributed by atoms with E-state index in [0.717, 1.165) is 29.8 Å². The molecule has 0 amide bonds. The molecule has 0 aliphatic carbocycles. The van der Waals surface area contributed by atoms with Crippen LogP contribution in [-0.4, -0.2) is 28.4 Å². The molecule has 0 radical (unpaired) electrons. The van der Waals surface area contributed by atoms with Crippen molar-refractivity contribution >= 4 is 11.0 Å². The summed E-state index contributed by atoms with van der Waals surface area (Å²) >= 11 is 0. The van der Waals surface area contributed by atoms with Crippen LogP contribution in [0.15, 0.2) is 24.3 Å². The summed E-state index contributed by atoms with van der Waals surface area (Å²) in [5.41, 5.74) is 2.00. The van der Waals surface area contributed by atoms with E-state index < -0.39 is 6.10 Å². The maximum Gasteiger partial charge on any atom is 0.138 e. The molecule has 0 bridgehead atoms. The number of ether oxygens (including phenoxy) is 1. The number of rotatable bonds is 5. The molecule has 4 heteroatoms. The maximum absolute atomic E-state index is 9.75. The van der Waals surface area contributed by atoms with Gasteiger partial charge in [0, 0.05) is 20.3 Å². The van der Waals surface area contributed by atoms with Gasteiger partial charge in [0.15, 0.2) is 0 Å². The molecular weight excluding hydrogens is 216 g/mol. The van der Waals surface area contributed by atoms with Crippen molar-refractivity contribution in [2.75, 3.05) is 13.7 Å². The number of hydrogen-bond donors (Lipinski definition) is 1. The maximum atomic E-state index is 9.75. The lowest BCUT2D eigenvalue weighted by molar-refractivity contribution is 0.175. The SMILES string of the molecule is COCCCn1c(C(C)O)nc2ccccc21. The Bertz CT molecular complexity index is 491. The predicted octanol–water partition coefficient (Wildman–Crippen LogP) is 2.13. The number of aliphatic hydroxyl groups is 1. The van der Waals surface area contributed by atoms with Crippen LogP contribution in [0.5, 0.6) is 0 Å². The lowest BCUT2D eigenvalue weighted by Crippen LogP contribution is -2.08. The van der Waals surface area contributed by atoms with Crippen molar-refractivity contribution in [1.29, 1.82) is 0 Å². The van der Waals surface area contributed by atoms with Gasteiger partial charge in [0.1, 0.15) is 11.9 Å². The molecule has 2 rings (SSSR count). The van der Waals surface area contributed by atoms with Gasteiger partial charge in [0.2, 0.25) is 0 Å². The van der Waals surface area contributed by atoms with Crippen LogP contribution in [-0.2, 0) is 11.3 Å². The molecular formula is C13H18N2O2. The quantitative estimate of drug-likeness (QED) is 0.806. The van der Waals surface area contributed by atoms with Gasteiger partial charge >= 0.3 is 0 Å². The number of aliphatic hydroxyl groups excluding tert-OH is 1. The number of aryl methyl sites for hydroxylation is 1. The molecule has 92 valence electrons.